The SMILES string of the molecule is Cc1ncccc1Oc1cc(Sc2ccccn2)c[n+]([O-])c1. The Labute approximate surface area is 132 Å². The molecule has 6 heteroatoms. The van der Waals surface area contributed by atoms with Crippen LogP contribution in [0.1, 0.15) is 5.69 Å². The Balaban J connectivity index is 1.85. The molecule has 0 aliphatic rings. The lowest BCUT2D eigenvalue weighted by Gasteiger charge is -2.08. The lowest BCUT2D eigenvalue weighted by molar-refractivity contribution is -0.607. The maximum Gasteiger partial charge on any atom is 0.223 e. The minimum absolute atomic E-state index is 0.465. The molecule has 0 spiro atoms. The van der Waals surface area contributed by atoms with E-state index in [4.69, 9.17) is 4.74 Å². The summed E-state index contributed by atoms with van der Waals surface area (Å²) in [4.78, 5) is 9.15. The molecule has 0 aromatic carbocycles. The Kier molecular flexibility index (Phi) is 4.20. The van der Waals surface area contributed by atoms with Crippen LogP contribution < -0.4 is 9.47 Å². The molecule has 0 saturated heterocycles. The van der Waals surface area contributed by atoms with E-state index in [0.717, 1.165) is 20.3 Å². The van der Waals surface area contributed by atoms with Crippen molar-refractivity contribution in [2.24, 2.45) is 0 Å². The summed E-state index contributed by atoms with van der Waals surface area (Å²) in [5, 5.41) is 12.6. The van der Waals surface area contributed by atoms with Gasteiger partial charge in [0.1, 0.15) is 10.8 Å². The minimum atomic E-state index is 0.465. The highest BCUT2D eigenvalue weighted by Crippen LogP contribution is 2.29. The van der Waals surface area contributed by atoms with Gasteiger partial charge in [0, 0.05) is 18.5 Å². The average Bonchev–Trinajstić information content (AvgIpc) is 2.50. The van der Waals surface area contributed by atoms with E-state index in [1.807, 2.05) is 31.2 Å². The van der Waals surface area contributed by atoms with E-state index >= 15 is 0 Å². The van der Waals surface area contributed by atoms with Crippen LogP contribution in [0.2, 0.25) is 0 Å². The zero-order valence-electron chi connectivity index (χ0n) is 11.8. The van der Waals surface area contributed by atoms with E-state index in [0.29, 0.717) is 11.5 Å². The highest BCUT2D eigenvalue weighted by molar-refractivity contribution is 7.99. The molecule has 0 radical (unpaired) electrons. The summed E-state index contributed by atoms with van der Waals surface area (Å²) < 4.78 is 6.48. The highest BCUT2D eigenvalue weighted by atomic mass is 32.2. The van der Waals surface area contributed by atoms with Crippen molar-refractivity contribution >= 4 is 11.8 Å². The van der Waals surface area contributed by atoms with E-state index in [1.165, 1.54) is 24.2 Å². The first-order valence-corrected chi connectivity index (χ1v) is 7.44. The molecular weight excluding hydrogens is 298 g/mol. The van der Waals surface area contributed by atoms with E-state index in [2.05, 4.69) is 9.97 Å². The number of hydrogen-bond donors (Lipinski definition) is 0. The summed E-state index contributed by atoms with van der Waals surface area (Å²) in [6, 6.07) is 11.1. The van der Waals surface area contributed by atoms with Crippen molar-refractivity contribution in [2.45, 2.75) is 16.8 Å². The van der Waals surface area contributed by atoms with Gasteiger partial charge in [-0.05, 0) is 31.2 Å². The Morgan fingerprint density at radius 1 is 1.09 bits per heavy atom. The summed E-state index contributed by atoms with van der Waals surface area (Å²) in [7, 11) is 0. The van der Waals surface area contributed by atoms with Crippen LogP contribution in [0.25, 0.3) is 0 Å². The zero-order valence-corrected chi connectivity index (χ0v) is 12.7. The Morgan fingerprint density at radius 3 is 2.73 bits per heavy atom. The van der Waals surface area contributed by atoms with Gasteiger partial charge in [-0.25, -0.2) is 4.98 Å². The lowest BCUT2D eigenvalue weighted by atomic mass is 10.3. The molecule has 3 heterocycles. The van der Waals surface area contributed by atoms with Gasteiger partial charge in [0.2, 0.25) is 6.20 Å². The normalized spacial score (nSPS) is 10.4. The second-order valence-electron chi connectivity index (χ2n) is 4.53. The number of aryl methyl sites for hydroxylation is 1. The van der Waals surface area contributed by atoms with Gasteiger partial charge in [0.05, 0.1) is 10.6 Å². The molecular formula is C16H13N3O2S. The van der Waals surface area contributed by atoms with Crippen LogP contribution in [-0.2, 0) is 0 Å². The summed E-state index contributed by atoms with van der Waals surface area (Å²) >= 11 is 1.40. The first-order valence-electron chi connectivity index (χ1n) is 6.63. The van der Waals surface area contributed by atoms with Crippen LogP contribution in [0.4, 0.5) is 0 Å². The third-order valence-electron chi connectivity index (χ3n) is 2.84. The molecule has 0 bridgehead atoms. The molecule has 0 atom stereocenters. The smallest absolute Gasteiger partial charge is 0.223 e. The van der Waals surface area contributed by atoms with E-state index in [1.54, 1.807) is 24.5 Å². The predicted octanol–water partition coefficient (Wildman–Crippen LogP) is 3.36. The molecule has 0 amide bonds. The number of hydrogen-bond acceptors (Lipinski definition) is 5. The monoisotopic (exact) mass is 311 g/mol. The lowest BCUT2D eigenvalue weighted by Crippen LogP contribution is -2.24. The third kappa shape index (κ3) is 3.53. The van der Waals surface area contributed by atoms with E-state index < -0.39 is 0 Å². The Bertz CT molecular complexity index is 781. The maximum absolute atomic E-state index is 11.8. The highest BCUT2D eigenvalue weighted by Gasteiger charge is 2.09. The molecule has 3 aromatic rings. The van der Waals surface area contributed by atoms with Gasteiger partial charge < -0.3 is 9.94 Å². The number of aromatic nitrogens is 3. The molecule has 0 fully saturated rings. The predicted molar refractivity (Wildman–Crippen MR) is 82.8 cm³/mol. The molecule has 0 aliphatic carbocycles. The first kappa shape index (κ1) is 14.3. The van der Waals surface area contributed by atoms with Gasteiger partial charge in [-0.3, -0.25) is 4.98 Å². The van der Waals surface area contributed by atoms with Gasteiger partial charge in [-0.1, -0.05) is 17.8 Å². The first-order chi connectivity index (χ1) is 10.7. The van der Waals surface area contributed by atoms with Crippen molar-refractivity contribution in [3.63, 3.8) is 0 Å². The van der Waals surface area contributed by atoms with Crippen molar-refractivity contribution in [2.75, 3.05) is 0 Å². The molecule has 0 saturated carbocycles. The minimum Gasteiger partial charge on any atom is -0.619 e. The van der Waals surface area contributed by atoms with Crippen molar-refractivity contribution in [3.8, 4) is 11.5 Å². The zero-order chi connectivity index (χ0) is 15.4. The quantitative estimate of drug-likeness (QED) is 0.546. The fraction of sp³-hybridized carbons (Fsp3) is 0.0625. The van der Waals surface area contributed by atoms with Crippen LogP contribution in [0.3, 0.4) is 0 Å². The van der Waals surface area contributed by atoms with Gasteiger partial charge >= 0.3 is 0 Å². The van der Waals surface area contributed by atoms with Crippen LogP contribution in [0, 0.1) is 12.1 Å². The van der Waals surface area contributed by atoms with Gasteiger partial charge in [0.25, 0.3) is 0 Å². The topological polar surface area (TPSA) is 62.0 Å². The largest absolute Gasteiger partial charge is 0.619 e. The fourth-order valence-electron chi connectivity index (χ4n) is 1.85. The summed E-state index contributed by atoms with van der Waals surface area (Å²) in [6.07, 6.45) is 6.29. The van der Waals surface area contributed by atoms with E-state index in [9.17, 15) is 5.21 Å². The number of nitrogens with zero attached hydrogens (tertiary/aromatic N) is 3. The molecule has 22 heavy (non-hydrogen) atoms. The maximum atomic E-state index is 11.8. The molecule has 3 aromatic heterocycles. The average molecular weight is 311 g/mol. The van der Waals surface area contributed by atoms with Crippen LogP contribution in [-0.4, -0.2) is 9.97 Å². The second-order valence-corrected chi connectivity index (χ2v) is 5.62. The summed E-state index contributed by atoms with van der Waals surface area (Å²) in [5.41, 5.74) is 0.766. The molecule has 5 nitrogen and oxygen atoms in total. The molecule has 3 rings (SSSR count). The number of rotatable bonds is 4. The van der Waals surface area contributed by atoms with E-state index in [-0.39, 0.29) is 0 Å². The number of ether oxygens (including phenoxy) is 1. The van der Waals surface area contributed by atoms with Crippen molar-refractivity contribution in [1.29, 1.82) is 0 Å². The van der Waals surface area contributed by atoms with Gasteiger partial charge in [-0.15, -0.1) is 0 Å². The Morgan fingerprint density at radius 2 is 1.95 bits per heavy atom. The number of pyridine rings is 3. The summed E-state index contributed by atoms with van der Waals surface area (Å²) in [5.74, 6) is 1.09. The molecule has 0 aliphatic heterocycles. The van der Waals surface area contributed by atoms with Crippen LogP contribution in [0.5, 0.6) is 11.5 Å². The van der Waals surface area contributed by atoms with Gasteiger partial charge in [0.15, 0.2) is 11.9 Å². The van der Waals surface area contributed by atoms with Crippen LogP contribution >= 0.6 is 11.8 Å². The van der Waals surface area contributed by atoms with Crippen LogP contribution in [0.15, 0.2) is 71.1 Å². The Hall–Kier alpha value is -2.60. The second kappa shape index (κ2) is 6.44. The van der Waals surface area contributed by atoms with Crippen molar-refractivity contribution in [1.82, 2.24) is 9.97 Å². The fourth-order valence-corrected chi connectivity index (χ4v) is 2.68. The molecule has 0 unspecified atom stereocenters. The third-order valence-corrected chi connectivity index (χ3v) is 3.75. The summed E-state index contributed by atoms with van der Waals surface area (Å²) in [6.45, 7) is 1.85. The van der Waals surface area contributed by atoms with Crippen molar-refractivity contribution < 1.29 is 9.47 Å². The molecule has 110 valence electrons. The van der Waals surface area contributed by atoms with Crippen molar-refractivity contribution in [3.05, 3.63) is 72.1 Å². The van der Waals surface area contributed by atoms with Gasteiger partial charge in [-0.2, -0.15) is 4.73 Å². The standard InChI is InChI=1S/C16H13N3O2S/c1-12-15(5-4-8-17-12)21-13-9-14(11-19(20)10-13)22-16-6-2-3-7-18-16/h2-11H,1H3. The molecule has 0 N–H and O–H groups in total.